The molecular formula is C18H26N2O3. The number of allylic oxidation sites excluding steroid dienone is 1. The van der Waals surface area contributed by atoms with E-state index in [1.807, 2.05) is 24.9 Å². The topological polar surface area (TPSA) is 51.1 Å². The Morgan fingerprint density at radius 3 is 3.00 bits per heavy atom. The zero-order chi connectivity index (χ0) is 16.6. The number of ether oxygens (including phenoxy) is 2. The maximum atomic E-state index is 12.6. The molecular weight excluding hydrogens is 292 g/mol. The summed E-state index contributed by atoms with van der Waals surface area (Å²) in [6, 6.07) is -0.293. The van der Waals surface area contributed by atoms with Crippen LogP contribution in [0.25, 0.3) is 0 Å². The van der Waals surface area contributed by atoms with E-state index in [0.29, 0.717) is 6.79 Å². The molecule has 4 atom stereocenters. The molecule has 0 N–H and O–H groups in total. The van der Waals surface area contributed by atoms with E-state index in [-0.39, 0.29) is 30.0 Å². The van der Waals surface area contributed by atoms with Gasteiger partial charge in [0.15, 0.2) is 6.79 Å². The number of aliphatic imine (C=N–C) groups is 1. The van der Waals surface area contributed by atoms with Crippen molar-refractivity contribution in [3.63, 3.8) is 0 Å². The molecule has 0 aromatic rings. The van der Waals surface area contributed by atoms with E-state index < -0.39 is 0 Å². The average molecular weight is 318 g/mol. The highest BCUT2D eigenvalue weighted by atomic mass is 16.7. The third-order valence-electron chi connectivity index (χ3n) is 5.10. The summed E-state index contributed by atoms with van der Waals surface area (Å²) in [6.07, 6.45) is 7.11. The molecule has 23 heavy (non-hydrogen) atoms. The molecule has 3 rings (SSSR count). The lowest BCUT2D eigenvalue weighted by Gasteiger charge is -2.37. The van der Waals surface area contributed by atoms with Crippen molar-refractivity contribution < 1.29 is 14.3 Å². The average Bonchev–Trinajstić information content (AvgIpc) is 3.00. The normalized spacial score (nSPS) is 31.8. The molecule has 5 nitrogen and oxygen atoms in total. The zero-order valence-corrected chi connectivity index (χ0v) is 14.4. The molecule has 1 aliphatic carbocycles. The lowest BCUT2D eigenvalue weighted by Crippen LogP contribution is -2.51. The second-order valence-electron chi connectivity index (χ2n) is 6.71. The fourth-order valence-corrected chi connectivity index (χ4v) is 3.50. The number of carbonyl (C=O) groups excluding carboxylic acids is 1. The summed E-state index contributed by atoms with van der Waals surface area (Å²) < 4.78 is 11.0. The highest BCUT2D eigenvalue weighted by molar-refractivity contribution is 6.10. The first-order chi connectivity index (χ1) is 11.0. The standard InChI is InChI=1S/C18H26N2O3/c1-5-6-11(2)16-18(21)20(4)12(3)17(19-16)13-7-8-14-15(9-13)23-10-22-14/h7,9,11-12,14,16H,5-6,8,10H2,1-4H3/t11-,12?,14?,16-/m0/s1. The largest absolute Gasteiger partial charge is 0.469 e. The maximum absolute atomic E-state index is 12.6. The van der Waals surface area contributed by atoms with Gasteiger partial charge in [0.05, 0.1) is 11.8 Å². The van der Waals surface area contributed by atoms with E-state index >= 15 is 0 Å². The van der Waals surface area contributed by atoms with Crippen LogP contribution in [0.2, 0.25) is 0 Å². The van der Waals surface area contributed by atoms with Crippen molar-refractivity contribution in [1.29, 1.82) is 0 Å². The highest BCUT2D eigenvalue weighted by Crippen LogP contribution is 2.30. The van der Waals surface area contributed by atoms with Crippen molar-refractivity contribution >= 4 is 11.6 Å². The minimum atomic E-state index is -0.274. The molecule has 126 valence electrons. The molecule has 2 aliphatic heterocycles. The summed E-state index contributed by atoms with van der Waals surface area (Å²) in [5, 5.41) is 0. The van der Waals surface area contributed by atoms with Gasteiger partial charge in [0.1, 0.15) is 17.9 Å². The minimum absolute atomic E-state index is 0.0189. The predicted molar refractivity (Wildman–Crippen MR) is 89.1 cm³/mol. The monoisotopic (exact) mass is 318 g/mol. The SMILES string of the molecule is CCC[C@H](C)[C@@H]1N=C(C2=CCC3OCOC3=C2)C(C)N(C)C1=O. The Morgan fingerprint density at radius 1 is 1.48 bits per heavy atom. The molecule has 2 unspecified atom stereocenters. The van der Waals surface area contributed by atoms with Crippen molar-refractivity contribution in [3.8, 4) is 0 Å². The van der Waals surface area contributed by atoms with Gasteiger partial charge in [-0.2, -0.15) is 0 Å². The van der Waals surface area contributed by atoms with Crippen LogP contribution in [-0.2, 0) is 14.3 Å². The van der Waals surface area contributed by atoms with Crippen LogP contribution in [-0.4, -0.2) is 48.5 Å². The van der Waals surface area contributed by atoms with Crippen molar-refractivity contribution in [2.45, 2.75) is 58.2 Å². The third-order valence-corrected chi connectivity index (χ3v) is 5.10. The lowest BCUT2D eigenvalue weighted by molar-refractivity contribution is -0.133. The number of carbonyl (C=O) groups is 1. The van der Waals surface area contributed by atoms with Crippen LogP contribution in [0.1, 0.15) is 40.0 Å². The van der Waals surface area contributed by atoms with Crippen molar-refractivity contribution in [2.24, 2.45) is 10.9 Å². The van der Waals surface area contributed by atoms with Crippen molar-refractivity contribution in [3.05, 3.63) is 23.5 Å². The molecule has 1 saturated heterocycles. The van der Waals surface area contributed by atoms with Gasteiger partial charge >= 0.3 is 0 Å². The number of rotatable bonds is 4. The Labute approximate surface area is 138 Å². The van der Waals surface area contributed by atoms with Crippen molar-refractivity contribution in [2.75, 3.05) is 13.8 Å². The fraction of sp³-hybridized carbons (Fsp3) is 0.667. The first-order valence-electron chi connectivity index (χ1n) is 8.53. The minimum Gasteiger partial charge on any atom is -0.469 e. The second kappa shape index (κ2) is 6.48. The molecule has 0 saturated carbocycles. The number of likely N-dealkylation sites (N-methyl/N-ethyl adjacent to an activating group) is 1. The zero-order valence-electron chi connectivity index (χ0n) is 14.4. The first-order valence-corrected chi connectivity index (χ1v) is 8.53. The molecule has 5 heteroatoms. The molecule has 0 bridgehead atoms. The number of nitrogens with zero attached hydrogens (tertiary/aromatic N) is 2. The van der Waals surface area contributed by atoms with Crippen LogP contribution in [0.5, 0.6) is 0 Å². The van der Waals surface area contributed by atoms with E-state index in [1.165, 1.54) is 0 Å². The van der Waals surface area contributed by atoms with Gasteiger partial charge in [0.25, 0.3) is 0 Å². The number of hydrogen-bond donors (Lipinski definition) is 0. The highest BCUT2D eigenvalue weighted by Gasteiger charge is 2.37. The lowest BCUT2D eigenvalue weighted by atomic mass is 9.89. The van der Waals surface area contributed by atoms with Gasteiger partial charge in [0, 0.05) is 7.05 Å². The van der Waals surface area contributed by atoms with Gasteiger partial charge in [-0.15, -0.1) is 0 Å². The van der Waals surface area contributed by atoms with Crippen LogP contribution in [0.3, 0.4) is 0 Å². The molecule has 0 aromatic heterocycles. The van der Waals surface area contributed by atoms with Crippen LogP contribution < -0.4 is 0 Å². The van der Waals surface area contributed by atoms with Gasteiger partial charge in [-0.1, -0.05) is 26.3 Å². The molecule has 1 fully saturated rings. The quantitative estimate of drug-likeness (QED) is 0.801. The van der Waals surface area contributed by atoms with Gasteiger partial charge in [-0.05, 0) is 37.3 Å². The maximum Gasteiger partial charge on any atom is 0.247 e. The van der Waals surface area contributed by atoms with Crippen LogP contribution in [0, 0.1) is 5.92 Å². The van der Waals surface area contributed by atoms with Crippen LogP contribution >= 0.6 is 0 Å². The third kappa shape index (κ3) is 2.94. The molecule has 3 aliphatic rings. The van der Waals surface area contributed by atoms with E-state index in [1.54, 1.807) is 0 Å². The predicted octanol–water partition coefficient (Wildman–Crippen LogP) is 2.68. The van der Waals surface area contributed by atoms with E-state index in [9.17, 15) is 4.79 Å². The second-order valence-corrected chi connectivity index (χ2v) is 6.71. The number of hydrogen-bond acceptors (Lipinski definition) is 4. The van der Waals surface area contributed by atoms with Crippen LogP contribution in [0.15, 0.2) is 28.5 Å². The Balaban J connectivity index is 1.91. The molecule has 0 radical (unpaired) electrons. The molecule has 2 heterocycles. The van der Waals surface area contributed by atoms with Crippen molar-refractivity contribution in [1.82, 2.24) is 4.90 Å². The Kier molecular flexibility index (Phi) is 4.57. The Bertz CT molecular complexity index is 579. The molecule has 0 spiro atoms. The smallest absolute Gasteiger partial charge is 0.247 e. The Morgan fingerprint density at radius 2 is 2.26 bits per heavy atom. The summed E-state index contributed by atoms with van der Waals surface area (Å²) in [4.78, 5) is 19.3. The summed E-state index contributed by atoms with van der Waals surface area (Å²) in [5.41, 5.74) is 2.06. The van der Waals surface area contributed by atoms with Gasteiger partial charge in [-0.3, -0.25) is 9.79 Å². The fourth-order valence-electron chi connectivity index (χ4n) is 3.50. The summed E-state index contributed by atoms with van der Waals surface area (Å²) in [5.74, 6) is 1.27. The van der Waals surface area contributed by atoms with E-state index in [0.717, 1.165) is 36.3 Å². The van der Waals surface area contributed by atoms with Gasteiger partial charge in [0.2, 0.25) is 5.91 Å². The van der Waals surface area contributed by atoms with E-state index in [2.05, 4.69) is 19.9 Å². The summed E-state index contributed by atoms with van der Waals surface area (Å²) in [6.45, 7) is 6.63. The summed E-state index contributed by atoms with van der Waals surface area (Å²) >= 11 is 0. The van der Waals surface area contributed by atoms with Gasteiger partial charge < -0.3 is 14.4 Å². The van der Waals surface area contributed by atoms with Gasteiger partial charge in [-0.25, -0.2) is 0 Å². The number of amides is 1. The van der Waals surface area contributed by atoms with E-state index in [4.69, 9.17) is 14.5 Å². The van der Waals surface area contributed by atoms with Crippen LogP contribution in [0.4, 0.5) is 0 Å². The molecule has 1 amide bonds. The first kappa shape index (κ1) is 16.2. The summed E-state index contributed by atoms with van der Waals surface area (Å²) in [7, 11) is 1.88. The molecule has 0 aromatic carbocycles. The Hall–Kier alpha value is -1.62. The number of fused-ring (bicyclic) bond motifs is 1.